The van der Waals surface area contributed by atoms with Crippen molar-refractivity contribution in [1.29, 1.82) is 0 Å². The molecule has 0 radical (unpaired) electrons. The Balaban J connectivity index is 2.08. The molecule has 0 spiro atoms. The molecule has 0 saturated carbocycles. The van der Waals surface area contributed by atoms with Gasteiger partial charge >= 0.3 is 0 Å². The summed E-state index contributed by atoms with van der Waals surface area (Å²) in [4.78, 5) is 2.91. The van der Waals surface area contributed by atoms with Crippen molar-refractivity contribution < 1.29 is 13.5 Å². The SMILES string of the molecule is COc1cc(F)c([C@H](c2ccc(Cl)s2)N2CCNCC2)c(F)c1. The lowest BCUT2D eigenvalue weighted by Gasteiger charge is -2.35. The molecule has 124 valence electrons. The molecule has 0 amide bonds. The maximum atomic E-state index is 14.6. The molecule has 1 aromatic carbocycles. The van der Waals surface area contributed by atoms with Gasteiger partial charge < -0.3 is 10.1 Å². The molecule has 1 atom stereocenters. The van der Waals surface area contributed by atoms with Gasteiger partial charge in [0.2, 0.25) is 0 Å². The standard InChI is InChI=1S/C16H17ClF2N2OS/c1-22-10-8-11(18)15(12(19)9-10)16(13-2-3-14(17)23-13)21-6-4-20-5-7-21/h2-3,8-9,16,20H,4-7H2,1H3/t16-/m0/s1. The zero-order valence-corrected chi connectivity index (χ0v) is 14.2. The zero-order chi connectivity index (χ0) is 16.4. The van der Waals surface area contributed by atoms with Gasteiger partial charge in [0.25, 0.3) is 0 Å². The van der Waals surface area contributed by atoms with Crippen LogP contribution in [0.2, 0.25) is 4.34 Å². The van der Waals surface area contributed by atoms with Crippen molar-refractivity contribution in [1.82, 2.24) is 10.2 Å². The number of ether oxygens (including phenoxy) is 1. The van der Waals surface area contributed by atoms with E-state index >= 15 is 0 Å². The number of hydrogen-bond acceptors (Lipinski definition) is 4. The summed E-state index contributed by atoms with van der Waals surface area (Å²) in [5.41, 5.74) is 0.0474. The Morgan fingerprint density at radius 2 is 1.87 bits per heavy atom. The number of methoxy groups -OCH3 is 1. The van der Waals surface area contributed by atoms with Gasteiger partial charge in [0, 0.05) is 48.8 Å². The van der Waals surface area contributed by atoms with Crippen molar-refractivity contribution >= 4 is 22.9 Å². The first-order chi connectivity index (χ1) is 11.1. The lowest BCUT2D eigenvalue weighted by Crippen LogP contribution is -2.45. The van der Waals surface area contributed by atoms with Crippen LogP contribution >= 0.6 is 22.9 Å². The van der Waals surface area contributed by atoms with Gasteiger partial charge in [0.05, 0.1) is 17.5 Å². The molecule has 2 heterocycles. The topological polar surface area (TPSA) is 24.5 Å². The van der Waals surface area contributed by atoms with Gasteiger partial charge in [-0.05, 0) is 12.1 Å². The van der Waals surface area contributed by atoms with Gasteiger partial charge in [-0.2, -0.15) is 0 Å². The van der Waals surface area contributed by atoms with Crippen LogP contribution in [0.25, 0.3) is 0 Å². The fourth-order valence-electron chi connectivity index (χ4n) is 2.86. The van der Waals surface area contributed by atoms with Crippen LogP contribution < -0.4 is 10.1 Å². The Hall–Kier alpha value is -1.21. The highest BCUT2D eigenvalue weighted by atomic mass is 35.5. The molecule has 1 saturated heterocycles. The minimum Gasteiger partial charge on any atom is -0.497 e. The molecule has 0 unspecified atom stereocenters. The summed E-state index contributed by atoms with van der Waals surface area (Å²) < 4.78 is 34.8. The summed E-state index contributed by atoms with van der Waals surface area (Å²) in [7, 11) is 1.39. The monoisotopic (exact) mass is 358 g/mol. The van der Waals surface area contributed by atoms with Gasteiger partial charge in [-0.15, -0.1) is 11.3 Å². The van der Waals surface area contributed by atoms with Gasteiger partial charge in [0.15, 0.2) is 0 Å². The lowest BCUT2D eigenvalue weighted by atomic mass is 10.0. The van der Waals surface area contributed by atoms with E-state index < -0.39 is 17.7 Å². The van der Waals surface area contributed by atoms with Crippen LogP contribution in [0.3, 0.4) is 0 Å². The van der Waals surface area contributed by atoms with Crippen molar-refractivity contribution in [3.05, 3.63) is 50.7 Å². The summed E-state index contributed by atoms with van der Waals surface area (Å²) in [6, 6.07) is 5.56. The van der Waals surface area contributed by atoms with Crippen LogP contribution in [-0.4, -0.2) is 38.2 Å². The average Bonchev–Trinajstić information content (AvgIpc) is 2.97. The molecule has 3 rings (SSSR count). The first-order valence-corrected chi connectivity index (χ1v) is 8.52. The Bertz CT molecular complexity index is 665. The van der Waals surface area contributed by atoms with Gasteiger partial charge in [-0.3, -0.25) is 4.90 Å². The van der Waals surface area contributed by atoms with E-state index in [2.05, 4.69) is 10.2 Å². The molecule has 0 bridgehead atoms. The van der Waals surface area contributed by atoms with Crippen molar-refractivity contribution in [3.63, 3.8) is 0 Å². The highest BCUT2D eigenvalue weighted by Gasteiger charge is 2.30. The molecule has 2 aromatic rings. The van der Waals surface area contributed by atoms with Crippen LogP contribution in [0.4, 0.5) is 8.78 Å². The largest absolute Gasteiger partial charge is 0.497 e. The molecule has 3 nitrogen and oxygen atoms in total. The number of halogens is 3. The lowest BCUT2D eigenvalue weighted by molar-refractivity contribution is 0.194. The Morgan fingerprint density at radius 3 is 2.39 bits per heavy atom. The van der Waals surface area contributed by atoms with E-state index in [0.717, 1.165) is 18.0 Å². The Morgan fingerprint density at radius 1 is 1.22 bits per heavy atom. The van der Waals surface area contributed by atoms with E-state index in [4.69, 9.17) is 16.3 Å². The number of nitrogens with zero attached hydrogens (tertiary/aromatic N) is 1. The number of benzene rings is 1. The Kier molecular flexibility index (Phi) is 5.16. The van der Waals surface area contributed by atoms with E-state index in [9.17, 15) is 8.78 Å². The summed E-state index contributed by atoms with van der Waals surface area (Å²) in [5, 5.41) is 3.25. The fourth-order valence-corrected chi connectivity index (χ4v) is 4.07. The normalized spacial score (nSPS) is 17.2. The first-order valence-electron chi connectivity index (χ1n) is 7.33. The van der Waals surface area contributed by atoms with Crippen LogP contribution in [-0.2, 0) is 0 Å². The second-order valence-electron chi connectivity index (χ2n) is 5.34. The van der Waals surface area contributed by atoms with Crippen molar-refractivity contribution in [2.24, 2.45) is 0 Å². The molecule has 1 fully saturated rings. The molecule has 1 aliphatic heterocycles. The molecule has 0 aliphatic carbocycles. The smallest absolute Gasteiger partial charge is 0.134 e. The van der Waals surface area contributed by atoms with Crippen LogP contribution in [0, 0.1) is 11.6 Å². The van der Waals surface area contributed by atoms with Crippen LogP contribution in [0.5, 0.6) is 5.75 Å². The van der Waals surface area contributed by atoms with Gasteiger partial charge in [-0.25, -0.2) is 8.78 Å². The summed E-state index contributed by atoms with van der Waals surface area (Å²) in [6.07, 6.45) is 0. The van der Waals surface area contributed by atoms with Crippen molar-refractivity contribution in [2.75, 3.05) is 33.3 Å². The third-order valence-corrected chi connectivity index (χ3v) is 5.23. The van der Waals surface area contributed by atoms with Crippen molar-refractivity contribution in [2.45, 2.75) is 6.04 Å². The number of nitrogens with one attached hydrogen (secondary N) is 1. The van der Waals surface area contributed by atoms with Gasteiger partial charge in [0.1, 0.15) is 17.4 Å². The van der Waals surface area contributed by atoms with E-state index in [-0.39, 0.29) is 11.3 Å². The quantitative estimate of drug-likeness (QED) is 0.902. The maximum absolute atomic E-state index is 14.6. The van der Waals surface area contributed by atoms with Crippen LogP contribution in [0.15, 0.2) is 24.3 Å². The third kappa shape index (κ3) is 3.50. The minimum absolute atomic E-state index is 0.0474. The highest BCUT2D eigenvalue weighted by Crippen LogP contribution is 2.38. The van der Waals surface area contributed by atoms with E-state index in [1.165, 1.54) is 30.6 Å². The molecule has 23 heavy (non-hydrogen) atoms. The minimum atomic E-state index is -0.602. The average molecular weight is 359 g/mol. The molecular formula is C16H17ClF2N2OS. The van der Waals surface area contributed by atoms with E-state index in [1.54, 1.807) is 6.07 Å². The molecule has 1 aromatic heterocycles. The fraction of sp³-hybridized carbons (Fsp3) is 0.375. The summed E-state index contributed by atoms with van der Waals surface area (Å²) in [6.45, 7) is 3.00. The summed E-state index contributed by atoms with van der Waals surface area (Å²) >= 11 is 7.39. The Labute approximate surface area is 142 Å². The number of rotatable bonds is 4. The van der Waals surface area contributed by atoms with Crippen LogP contribution in [0.1, 0.15) is 16.5 Å². The highest BCUT2D eigenvalue weighted by molar-refractivity contribution is 7.16. The number of thiophene rings is 1. The first kappa shape index (κ1) is 16.6. The second-order valence-corrected chi connectivity index (χ2v) is 7.08. The molecular weight excluding hydrogens is 342 g/mol. The van der Waals surface area contributed by atoms with Crippen molar-refractivity contribution in [3.8, 4) is 5.75 Å². The predicted molar refractivity (Wildman–Crippen MR) is 88.5 cm³/mol. The number of piperazine rings is 1. The second kappa shape index (κ2) is 7.13. The van der Waals surface area contributed by atoms with E-state index in [1.807, 2.05) is 6.07 Å². The zero-order valence-electron chi connectivity index (χ0n) is 12.6. The number of hydrogen-bond donors (Lipinski definition) is 1. The third-order valence-electron chi connectivity index (χ3n) is 3.94. The van der Waals surface area contributed by atoms with Gasteiger partial charge in [-0.1, -0.05) is 11.6 Å². The predicted octanol–water partition coefficient (Wildman–Crippen LogP) is 3.68. The maximum Gasteiger partial charge on any atom is 0.134 e. The molecule has 1 aliphatic rings. The summed E-state index contributed by atoms with van der Waals surface area (Å²) in [5.74, 6) is -1.03. The molecule has 1 N–H and O–H groups in total. The molecule has 7 heteroatoms. The van der Waals surface area contributed by atoms with E-state index in [0.29, 0.717) is 17.4 Å².